The Kier molecular flexibility index (Phi) is 3.82. The Morgan fingerprint density at radius 1 is 1.28 bits per heavy atom. The molecular formula is C19H21N3O3. The van der Waals surface area contributed by atoms with Crippen LogP contribution in [-0.2, 0) is 4.79 Å². The van der Waals surface area contributed by atoms with E-state index >= 15 is 0 Å². The van der Waals surface area contributed by atoms with E-state index in [1.165, 1.54) is 5.56 Å². The summed E-state index contributed by atoms with van der Waals surface area (Å²) >= 11 is 0. The molecule has 3 heterocycles. The molecule has 2 amide bonds. The maximum atomic E-state index is 12.5. The average Bonchev–Trinajstić information content (AvgIpc) is 3.19. The molecule has 6 heteroatoms. The Bertz CT molecular complexity index is 791. The minimum atomic E-state index is -0.255. The molecule has 0 radical (unpaired) electrons. The van der Waals surface area contributed by atoms with Crippen molar-refractivity contribution in [1.82, 2.24) is 15.4 Å². The van der Waals surface area contributed by atoms with Crippen molar-refractivity contribution in [3.63, 3.8) is 0 Å². The minimum absolute atomic E-state index is 0.0979. The molecule has 2 aliphatic heterocycles. The summed E-state index contributed by atoms with van der Waals surface area (Å²) in [4.78, 5) is 26.5. The van der Waals surface area contributed by atoms with Gasteiger partial charge in [0.25, 0.3) is 5.91 Å². The first kappa shape index (κ1) is 15.9. The van der Waals surface area contributed by atoms with Crippen LogP contribution in [0, 0.1) is 6.92 Å². The molecule has 1 aromatic carbocycles. The van der Waals surface area contributed by atoms with Crippen LogP contribution in [0.5, 0.6) is 0 Å². The van der Waals surface area contributed by atoms with Gasteiger partial charge in [0.1, 0.15) is 5.76 Å². The van der Waals surface area contributed by atoms with Crippen molar-refractivity contribution in [2.45, 2.75) is 37.6 Å². The van der Waals surface area contributed by atoms with Crippen LogP contribution < -0.4 is 5.32 Å². The standard InChI is InChI=1S/C19H21N3O3/c1-13-11-16(21-25-13)18(24)22-9-7-19(8-10-22)15(12-17(23)20-19)14-5-3-2-4-6-14/h2-6,11,15H,7-10,12H2,1H3,(H,20,23). The van der Waals surface area contributed by atoms with Crippen LogP contribution >= 0.6 is 0 Å². The summed E-state index contributed by atoms with van der Waals surface area (Å²) in [7, 11) is 0. The summed E-state index contributed by atoms with van der Waals surface area (Å²) in [6, 6.07) is 11.8. The maximum Gasteiger partial charge on any atom is 0.276 e. The zero-order valence-corrected chi connectivity index (χ0v) is 14.2. The minimum Gasteiger partial charge on any atom is -0.361 e. The quantitative estimate of drug-likeness (QED) is 0.911. The van der Waals surface area contributed by atoms with E-state index in [0.29, 0.717) is 31.0 Å². The van der Waals surface area contributed by atoms with Gasteiger partial charge in [0.15, 0.2) is 5.69 Å². The molecule has 2 aromatic rings. The van der Waals surface area contributed by atoms with Gasteiger partial charge in [-0.05, 0) is 25.3 Å². The van der Waals surface area contributed by atoms with Gasteiger partial charge in [0, 0.05) is 31.5 Å². The number of aryl methyl sites for hydroxylation is 1. The van der Waals surface area contributed by atoms with Gasteiger partial charge < -0.3 is 14.7 Å². The van der Waals surface area contributed by atoms with Crippen molar-refractivity contribution < 1.29 is 14.1 Å². The van der Waals surface area contributed by atoms with Crippen molar-refractivity contribution in [2.24, 2.45) is 0 Å². The van der Waals surface area contributed by atoms with E-state index in [0.717, 1.165) is 12.8 Å². The van der Waals surface area contributed by atoms with E-state index in [1.54, 1.807) is 17.9 Å². The lowest BCUT2D eigenvalue weighted by Gasteiger charge is -2.42. The van der Waals surface area contributed by atoms with Crippen molar-refractivity contribution in [3.05, 3.63) is 53.4 Å². The van der Waals surface area contributed by atoms with Crippen LogP contribution in [0.3, 0.4) is 0 Å². The number of aromatic nitrogens is 1. The molecule has 1 atom stereocenters. The highest BCUT2D eigenvalue weighted by Gasteiger charge is 2.49. The predicted octanol–water partition coefficient (Wildman–Crippen LogP) is 2.26. The fourth-order valence-electron chi connectivity index (χ4n) is 4.13. The van der Waals surface area contributed by atoms with Crippen LogP contribution in [0.15, 0.2) is 40.9 Å². The number of nitrogens with one attached hydrogen (secondary N) is 1. The molecule has 0 aliphatic carbocycles. The molecule has 2 fully saturated rings. The Morgan fingerprint density at radius 2 is 2.00 bits per heavy atom. The maximum absolute atomic E-state index is 12.5. The van der Waals surface area contributed by atoms with Gasteiger partial charge >= 0.3 is 0 Å². The normalized spacial score (nSPS) is 22.2. The lowest BCUT2D eigenvalue weighted by atomic mass is 9.74. The molecule has 1 N–H and O–H groups in total. The van der Waals surface area contributed by atoms with Gasteiger partial charge in [-0.1, -0.05) is 35.5 Å². The fraction of sp³-hybridized carbons (Fsp3) is 0.421. The van der Waals surface area contributed by atoms with Crippen molar-refractivity contribution in [2.75, 3.05) is 13.1 Å². The summed E-state index contributed by atoms with van der Waals surface area (Å²) in [5, 5.41) is 7.03. The average molecular weight is 339 g/mol. The molecule has 25 heavy (non-hydrogen) atoms. The van der Waals surface area contributed by atoms with E-state index in [9.17, 15) is 9.59 Å². The monoisotopic (exact) mass is 339 g/mol. The van der Waals surface area contributed by atoms with E-state index in [2.05, 4.69) is 22.6 Å². The van der Waals surface area contributed by atoms with E-state index in [4.69, 9.17) is 4.52 Å². The number of rotatable bonds is 2. The number of amides is 2. The van der Waals surface area contributed by atoms with Crippen molar-refractivity contribution >= 4 is 11.8 Å². The van der Waals surface area contributed by atoms with Crippen LogP contribution in [0.1, 0.15) is 47.0 Å². The van der Waals surface area contributed by atoms with Crippen LogP contribution in [-0.4, -0.2) is 40.5 Å². The molecule has 6 nitrogen and oxygen atoms in total. The molecule has 2 aliphatic rings. The smallest absolute Gasteiger partial charge is 0.276 e. The largest absolute Gasteiger partial charge is 0.361 e. The first-order valence-corrected chi connectivity index (χ1v) is 8.66. The Morgan fingerprint density at radius 3 is 2.64 bits per heavy atom. The Hall–Kier alpha value is -2.63. The van der Waals surface area contributed by atoms with Gasteiger partial charge in [0.05, 0.1) is 5.54 Å². The van der Waals surface area contributed by atoms with E-state index < -0.39 is 0 Å². The molecular weight excluding hydrogens is 318 g/mol. The number of hydrogen-bond donors (Lipinski definition) is 1. The first-order chi connectivity index (χ1) is 12.1. The van der Waals surface area contributed by atoms with Gasteiger partial charge in [-0.2, -0.15) is 0 Å². The lowest BCUT2D eigenvalue weighted by Crippen LogP contribution is -2.54. The highest BCUT2D eigenvalue weighted by molar-refractivity contribution is 5.92. The summed E-state index contributed by atoms with van der Waals surface area (Å²) in [5.41, 5.74) is 1.28. The number of carbonyl (C=O) groups excluding carboxylic acids is 2. The van der Waals surface area contributed by atoms with Crippen LogP contribution in [0.2, 0.25) is 0 Å². The number of piperidine rings is 1. The third kappa shape index (κ3) is 2.81. The van der Waals surface area contributed by atoms with Gasteiger partial charge in [-0.3, -0.25) is 9.59 Å². The van der Waals surface area contributed by atoms with Crippen molar-refractivity contribution in [3.8, 4) is 0 Å². The topological polar surface area (TPSA) is 75.4 Å². The molecule has 1 spiro atoms. The Balaban J connectivity index is 1.51. The highest BCUT2D eigenvalue weighted by Crippen LogP contribution is 2.43. The zero-order chi connectivity index (χ0) is 17.4. The number of benzene rings is 1. The summed E-state index contributed by atoms with van der Waals surface area (Å²) in [5.74, 6) is 0.782. The number of nitrogens with zero attached hydrogens (tertiary/aromatic N) is 2. The molecule has 4 rings (SSSR count). The highest BCUT2D eigenvalue weighted by atomic mass is 16.5. The van der Waals surface area contributed by atoms with Gasteiger partial charge in [0.2, 0.25) is 5.91 Å². The second-order valence-corrected chi connectivity index (χ2v) is 6.99. The van der Waals surface area contributed by atoms with E-state index in [1.807, 2.05) is 18.2 Å². The molecule has 0 bridgehead atoms. The molecule has 2 saturated heterocycles. The van der Waals surface area contributed by atoms with Gasteiger partial charge in [-0.15, -0.1) is 0 Å². The summed E-state index contributed by atoms with van der Waals surface area (Å²) in [6.45, 7) is 2.98. The van der Waals surface area contributed by atoms with Crippen LogP contribution in [0.25, 0.3) is 0 Å². The number of likely N-dealkylation sites (tertiary alicyclic amines) is 1. The van der Waals surface area contributed by atoms with Crippen LogP contribution in [0.4, 0.5) is 0 Å². The third-order valence-corrected chi connectivity index (χ3v) is 5.44. The second-order valence-electron chi connectivity index (χ2n) is 6.99. The third-order valence-electron chi connectivity index (χ3n) is 5.44. The molecule has 0 saturated carbocycles. The summed E-state index contributed by atoms with van der Waals surface area (Å²) < 4.78 is 5.00. The zero-order valence-electron chi connectivity index (χ0n) is 14.2. The van der Waals surface area contributed by atoms with Gasteiger partial charge in [-0.25, -0.2) is 0 Å². The molecule has 130 valence electrons. The lowest BCUT2D eigenvalue weighted by molar-refractivity contribution is -0.120. The van der Waals surface area contributed by atoms with Crippen molar-refractivity contribution in [1.29, 1.82) is 0 Å². The first-order valence-electron chi connectivity index (χ1n) is 8.66. The predicted molar refractivity (Wildman–Crippen MR) is 91.1 cm³/mol. The number of carbonyl (C=O) groups is 2. The fourth-order valence-corrected chi connectivity index (χ4v) is 4.13. The number of hydrogen-bond acceptors (Lipinski definition) is 4. The Labute approximate surface area is 146 Å². The molecule has 1 aromatic heterocycles. The SMILES string of the molecule is Cc1cc(C(=O)N2CCC3(CC2)NC(=O)CC3c2ccccc2)no1. The summed E-state index contributed by atoms with van der Waals surface area (Å²) in [6.07, 6.45) is 2.02. The van der Waals surface area contributed by atoms with E-state index in [-0.39, 0.29) is 23.3 Å². The molecule has 1 unspecified atom stereocenters. The second kappa shape index (κ2) is 6.02.